The number of carboxylic acids is 1. The van der Waals surface area contributed by atoms with Crippen molar-refractivity contribution in [3.05, 3.63) is 60.7 Å². The molecule has 8 nitrogen and oxygen atoms in total. The number of carboxylic acid groups (broad SMARTS) is 1. The van der Waals surface area contributed by atoms with Crippen LogP contribution in [0.25, 0.3) is 0 Å². The van der Waals surface area contributed by atoms with Crippen molar-refractivity contribution in [3.8, 4) is 0 Å². The van der Waals surface area contributed by atoms with E-state index in [1.807, 2.05) is 0 Å². The van der Waals surface area contributed by atoms with Crippen LogP contribution in [0.15, 0.2) is 70.9 Å². The van der Waals surface area contributed by atoms with Crippen molar-refractivity contribution in [3.63, 3.8) is 0 Å². The number of carbonyl (C=O) groups excluding carboxylic acids is 1. The highest BCUT2D eigenvalue weighted by Gasteiger charge is 2.32. The number of carbonyl (C=O) groups is 2. The fraction of sp³-hybridized carbons (Fsp3) is 0. The molecular formula is C16H13N5O3. The third-order valence-electron chi connectivity index (χ3n) is 3.20. The predicted molar refractivity (Wildman–Crippen MR) is 89.5 cm³/mol. The SMILES string of the molecule is NC(=O)C1=NN(c2ccccc2)C(C(=O)O)=NN1c1ccccc1. The lowest BCUT2D eigenvalue weighted by atomic mass is 10.3. The summed E-state index contributed by atoms with van der Waals surface area (Å²) in [6, 6.07) is 17.1. The molecule has 2 aromatic rings. The topological polar surface area (TPSA) is 112 Å². The second kappa shape index (κ2) is 6.21. The van der Waals surface area contributed by atoms with E-state index >= 15 is 0 Å². The number of amides is 1. The summed E-state index contributed by atoms with van der Waals surface area (Å²) in [6.07, 6.45) is 0. The van der Waals surface area contributed by atoms with E-state index in [1.54, 1.807) is 60.7 Å². The molecule has 1 amide bonds. The van der Waals surface area contributed by atoms with Crippen molar-refractivity contribution in [2.75, 3.05) is 10.0 Å². The van der Waals surface area contributed by atoms with Crippen molar-refractivity contribution in [1.82, 2.24) is 0 Å². The van der Waals surface area contributed by atoms with Crippen LogP contribution in [0, 0.1) is 0 Å². The number of anilines is 2. The number of hydrogen-bond donors (Lipinski definition) is 2. The summed E-state index contributed by atoms with van der Waals surface area (Å²) >= 11 is 0. The van der Waals surface area contributed by atoms with Gasteiger partial charge >= 0.3 is 5.97 Å². The molecular weight excluding hydrogens is 310 g/mol. The van der Waals surface area contributed by atoms with Gasteiger partial charge in [-0.3, -0.25) is 4.79 Å². The van der Waals surface area contributed by atoms with Gasteiger partial charge in [0.05, 0.1) is 11.4 Å². The van der Waals surface area contributed by atoms with E-state index in [4.69, 9.17) is 5.73 Å². The molecule has 0 fully saturated rings. The molecule has 0 unspecified atom stereocenters. The summed E-state index contributed by atoms with van der Waals surface area (Å²) in [7, 11) is 0. The van der Waals surface area contributed by atoms with Gasteiger partial charge < -0.3 is 10.8 Å². The predicted octanol–water partition coefficient (Wildman–Crippen LogP) is 1.21. The largest absolute Gasteiger partial charge is 0.475 e. The number of rotatable bonds is 4. The molecule has 3 rings (SSSR count). The van der Waals surface area contributed by atoms with Gasteiger partial charge in [0, 0.05) is 0 Å². The first-order valence-electron chi connectivity index (χ1n) is 6.98. The van der Waals surface area contributed by atoms with Crippen LogP contribution < -0.4 is 15.8 Å². The molecule has 8 heteroatoms. The smallest absolute Gasteiger partial charge is 0.375 e. The monoisotopic (exact) mass is 323 g/mol. The summed E-state index contributed by atoms with van der Waals surface area (Å²) in [6.45, 7) is 0. The minimum Gasteiger partial charge on any atom is -0.475 e. The number of nitrogens with two attached hydrogens (primary N) is 1. The molecule has 0 spiro atoms. The lowest BCUT2D eigenvalue weighted by Gasteiger charge is -2.29. The Balaban J connectivity index is 2.13. The van der Waals surface area contributed by atoms with Gasteiger partial charge in [-0.25, -0.2) is 14.8 Å². The second-order valence-electron chi connectivity index (χ2n) is 4.81. The maximum atomic E-state index is 11.8. The van der Waals surface area contributed by atoms with Crippen molar-refractivity contribution >= 4 is 34.9 Å². The van der Waals surface area contributed by atoms with E-state index in [9.17, 15) is 14.7 Å². The lowest BCUT2D eigenvalue weighted by molar-refractivity contribution is -0.129. The van der Waals surface area contributed by atoms with Crippen LogP contribution in [0.5, 0.6) is 0 Å². The molecule has 120 valence electrons. The summed E-state index contributed by atoms with van der Waals surface area (Å²) in [5.74, 6) is -2.65. The zero-order valence-electron chi connectivity index (χ0n) is 12.4. The molecule has 3 N–H and O–H groups in total. The Morgan fingerprint density at radius 2 is 1.21 bits per heavy atom. The molecule has 0 atom stereocenters. The highest BCUT2D eigenvalue weighted by molar-refractivity contribution is 6.47. The lowest BCUT2D eigenvalue weighted by Crippen LogP contribution is -2.48. The summed E-state index contributed by atoms with van der Waals surface area (Å²) < 4.78 is 0. The molecule has 0 saturated carbocycles. The first-order chi connectivity index (χ1) is 11.6. The van der Waals surface area contributed by atoms with E-state index in [1.165, 1.54) is 0 Å². The Hall–Kier alpha value is -3.68. The summed E-state index contributed by atoms with van der Waals surface area (Å²) in [5, 5.41) is 19.8. The molecule has 0 bridgehead atoms. The number of aliphatic carboxylic acids is 1. The first-order valence-corrected chi connectivity index (χ1v) is 6.98. The Morgan fingerprint density at radius 1 is 0.792 bits per heavy atom. The van der Waals surface area contributed by atoms with E-state index in [2.05, 4.69) is 10.2 Å². The average molecular weight is 323 g/mol. The fourth-order valence-corrected chi connectivity index (χ4v) is 2.15. The molecule has 0 aromatic heterocycles. The zero-order valence-corrected chi connectivity index (χ0v) is 12.4. The van der Waals surface area contributed by atoms with Crippen LogP contribution in [0.1, 0.15) is 0 Å². The average Bonchev–Trinajstić information content (AvgIpc) is 2.62. The highest BCUT2D eigenvalue weighted by atomic mass is 16.4. The second-order valence-corrected chi connectivity index (χ2v) is 4.81. The van der Waals surface area contributed by atoms with Crippen LogP contribution >= 0.6 is 0 Å². The zero-order chi connectivity index (χ0) is 17.1. The fourth-order valence-electron chi connectivity index (χ4n) is 2.15. The molecule has 0 saturated heterocycles. The van der Waals surface area contributed by atoms with Crippen LogP contribution in [0.4, 0.5) is 11.4 Å². The van der Waals surface area contributed by atoms with E-state index < -0.39 is 11.9 Å². The Kier molecular flexibility index (Phi) is 3.94. The van der Waals surface area contributed by atoms with Gasteiger partial charge in [0.1, 0.15) is 0 Å². The van der Waals surface area contributed by atoms with Gasteiger partial charge in [-0.2, -0.15) is 0 Å². The van der Waals surface area contributed by atoms with Gasteiger partial charge in [0.25, 0.3) is 11.7 Å². The summed E-state index contributed by atoms with van der Waals surface area (Å²) in [5.41, 5.74) is 6.32. The van der Waals surface area contributed by atoms with E-state index in [0.29, 0.717) is 11.4 Å². The normalized spacial score (nSPS) is 14.0. The quantitative estimate of drug-likeness (QED) is 0.878. The Bertz CT molecular complexity index is 762. The summed E-state index contributed by atoms with van der Waals surface area (Å²) in [4.78, 5) is 23.4. The van der Waals surface area contributed by atoms with Crippen molar-refractivity contribution in [1.29, 1.82) is 0 Å². The number of benzene rings is 2. The molecule has 2 aromatic carbocycles. The highest BCUT2D eigenvalue weighted by Crippen LogP contribution is 2.23. The Labute approximate surface area is 137 Å². The molecule has 1 aliphatic heterocycles. The number of hydrazone groups is 2. The molecule has 1 heterocycles. The maximum Gasteiger partial charge on any atom is 0.375 e. The number of nitrogens with zero attached hydrogens (tertiary/aromatic N) is 4. The first kappa shape index (κ1) is 15.2. The van der Waals surface area contributed by atoms with Crippen LogP contribution in [-0.2, 0) is 9.59 Å². The van der Waals surface area contributed by atoms with Crippen molar-refractivity contribution in [2.24, 2.45) is 15.9 Å². The van der Waals surface area contributed by atoms with Crippen molar-refractivity contribution in [2.45, 2.75) is 0 Å². The van der Waals surface area contributed by atoms with Crippen LogP contribution in [0.2, 0.25) is 0 Å². The van der Waals surface area contributed by atoms with Crippen molar-refractivity contribution < 1.29 is 14.7 Å². The third kappa shape index (κ3) is 2.80. The minimum absolute atomic E-state index is 0.185. The molecule has 0 radical (unpaired) electrons. The van der Waals surface area contributed by atoms with E-state index in [-0.39, 0.29) is 11.7 Å². The molecule has 1 aliphatic rings. The van der Waals surface area contributed by atoms with Gasteiger partial charge in [0.15, 0.2) is 0 Å². The number of hydrogen-bond acceptors (Lipinski definition) is 6. The van der Waals surface area contributed by atoms with Gasteiger partial charge in [-0.1, -0.05) is 36.4 Å². The van der Waals surface area contributed by atoms with Crippen LogP contribution in [-0.4, -0.2) is 28.7 Å². The molecule has 0 aliphatic carbocycles. The molecule has 24 heavy (non-hydrogen) atoms. The maximum absolute atomic E-state index is 11.8. The van der Waals surface area contributed by atoms with Crippen LogP contribution in [0.3, 0.4) is 0 Å². The van der Waals surface area contributed by atoms with Gasteiger partial charge in [-0.15, -0.1) is 10.2 Å². The van der Waals surface area contributed by atoms with Gasteiger partial charge in [0.2, 0.25) is 5.84 Å². The minimum atomic E-state index is -1.29. The number of amidine groups is 2. The number of primary amides is 1. The standard InChI is InChI=1S/C16H13N5O3/c17-13(22)14-18-21(12-9-5-2-6-10-12)15(16(23)24)19-20(14)11-7-3-1-4-8-11/h1-10H,(H2,17,22)(H,23,24). The number of para-hydroxylation sites is 2. The van der Waals surface area contributed by atoms with E-state index in [0.717, 1.165) is 10.0 Å². The van der Waals surface area contributed by atoms with Gasteiger partial charge in [-0.05, 0) is 24.3 Å². The Morgan fingerprint density at radius 3 is 1.62 bits per heavy atom. The third-order valence-corrected chi connectivity index (χ3v) is 3.20.